The van der Waals surface area contributed by atoms with Crippen molar-refractivity contribution in [3.63, 3.8) is 0 Å². The minimum Gasteiger partial charge on any atom is -0.335 e. The lowest BCUT2D eigenvalue weighted by Gasteiger charge is -2.31. The van der Waals surface area contributed by atoms with Gasteiger partial charge in [-0.3, -0.25) is 4.79 Å². The van der Waals surface area contributed by atoms with Crippen LogP contribution in [0.1, 0.15) is 22.2 Å². The van der Waals surface area contributed by atoms with Gasteiger partial charge in [0.25, 0.3) is 5.91 Å². The quantitative estimate of drug-likeness (QED) is 0.863. The maximum atomic E-state index is 12.2. The van der Waals surface area contributed by atoms with E-state index in [1.54, 1.807) is 0 Å². The predicted molar refractivity (Wildman–Crippen MR) is 70.1 cm³/mol. The first-order chi connectivity index (χ1) is 7.58. The second-order valence-corrected chi connectivity index (χ2v) is 6.54. The molecule has 2 rings (SSSR count). The third-order valence-electron chi connectivity index (χ3n) is 2.72. The fourth-order valence-corrected chi connectivity index (χ4v) is 3.34. The van der Waals surface area contributed by atoms with Crippen molar-refractivity contribution in [3.8, 4) is 0 Å². The zero-order valence-electron chi connectivity index (χ0n) is 9.42. The molecule has 1 fully saturated rings. The number of piperazine rings is 1. The summed E-state index contributed by atoms with van der Waals surface area (Å²) in [5.74, 6) is 0.159. The Morgan fingerprint density at radius 1 is 1.69 bits per heavy atom. The van der Waals surface area contributed by atoms with Gasteiger partial charge in [0, 0.05) is 25.7 Å². The second-order valence-electron chi connectivity index (χ2n) is 4.17. The molecule has 1 aromatic heterocycles. The summed E-state index contributed by atoms with van der Waals surface area (Å²) in [5, 5.41) is 3.34. The van der Waals surface area contributed by atoms with Gasteiger partial charge in [-0.25, -0.2) is 0 Å². The number of hydrogen-bond donors (Lipinski definition) is 1. The molecule has 1 aliphatic rings. The van der Waals surface area contributed by atoms with E-state index in [1.807, 2.05) is 17.9 Å². The van der Waals surface area contributed by atoms with Gasteiger partial charge in [-0.15, -0.1) is 11.3 Å². The van der Waals surface area contributed by atoms with Gasteiger partial charge in [-0.05, 0) is 41.4 Å². The van der Waals surface area contributed by atoms with Crippen molar-refractivity contribution in [2.75, 3.05) is 19.6 Å². The number of aryl methyl sites for hydroxylation is 1. The van der Waals surface area contributed by atoms with E-state index < -0.39 is 0 Å². The average Bonchev–Trinajstić information content (AvgIpc) is 2.58. The summed E-state index contributed by atoms with van der Waals surface area (Å²) in [6, 6.07) is 2.35. The van der Waals surface area contributed by atoms with Crippen LogP contribution in [0.4, 0.5) is 0 Å². The van der Waals surface area contributed by atoms with Crippen molar-refractivity contribution in [2.45, 2.75) is 19.9 Å². The average molecular weight is 303 g/mol. The molecule has 1 aliphatic heterocycles. The van der Waals surface area contributed by atoms with E-state index in [4.69, 9.17) is 0 Å². The number of amides is 1. The van der Waals surface area contributed by atoms with Crippen molar-refractivity contribution < 1.29 is 4.79 Å². The molecule has 16 heavy (non-hydrogen) atoms. The monoisotopic (exact) mass is 302 g/mol. The summed E-state index contributed by atoms with van der Waals surface area (Å²) in [6.07, 6.45) is 0. The summed E-state index contributed by atoms with van der Waals surface area (Å²) < 4.78 is 1.05. The number of hydrogen-bond acceptors (Lipinski definition) is 3. The van der Waals surface area contributed by atoms with Crippen LogP contribution in [0.5, 0.6) is 0 Å². The lowest BCUT2D eigenvalue weighted by atomic mass is 10.2. The highest BCUT2D eigenvalue weighted by Gasteiger charge is 2.23. The van der Waals surface area contributed by atoms with Crippen LogP contribution in [-0.2, 0) is 0 Å². The minimum absolute atomic E-state index is 0.159. The largest absolute Gasteiger partial charge is 0.335 e. The van der Waals surface area contributed by atoms with Crippen molar-refractivity contribution >= 4 is 33.2 Å². The number of carbonyl (C=O) groups excluding carboxylic acids is 1. The SMILES string of the molecule is Cc1cc(C(=O)N2CCN[C@H](C)C2)sc1Br. The van der Waals surface area contributed by atoms with E-state index in [9.17, 15) is 4.79 Å². The Bertz CT molecular complexity index is 385. The third kappa shape index (κ3) is 2.47. The van der Waals surface area contributed by atoms with Crippen LogP contribution in [0.3, 0.4) is 0 Å². The van der Waals surface area contributed by atoms with Crippen LogP contribution in [0.2, 0.25) is 0 Å². The topological polar surface area (TPSA) is 32.3 Å². The molecule has 1 aromatic rings. The first kappa shape index (κ1) is 12.1. The standard InChI is InChI=1S/C11H15BrN2OS/c1-7-5-9(16-10(7)12)11(15)14-4-3-13-8(2)6-14/h5,8,13H,3-4,6H2,1-2H3/t8-/m1/s1. The van der Waals surface area contributed by atoms with E-state index in [1.165, 1.54) is 11.3 Å². The van der Waals surface area contributed by atoms with Gasteiger partial charge in [0.05, 0.1) is 8.66 Å². The number of nitrogens with zero attached hydrogens (tertiary/aromatic N) is 1. The lowest BCUT2D eigenvalue weighted by Crippen LogP contribution is -2.51. The van der Waals surface area contributed by atoms with E-state index in [2.05, 4.69) is 28.2 Å². The molecular weight excluding hydrogens is 288 g/mol. The molecule has 1 N–H and O–H groups in total. The van der Waals surface area contributed by atoms with Gasteiger partial charge in [0.2, 0.25) is 0 Å². The van der Waals surface area contributed by atoms with Gasteiger partial charge in [-0.1, -0.05) is 0 Å². The number of thiophene rings is 1. The first-order valence-corrected chi connectivity index (χ1v) is 6.97. The van der Waals surface area contributed by atoms with Crippen LogP contribution in [-0.4, -0.2) is 36.5 Å². The van der Waals surface area contributed by atoms with Gasteiger partial charge in [-0.2, -0.15) is 0 Å². The molecule has 5 heteroatoms. The highest BCUT2D eigenvalue weighted by molar-refractivity contribution is 9.11. The maximum absolute atomic E-state index is 12.2. The molecule has 0 bridgehead atoms. The number of nitrogens with one attached hydrogen (secondary N) is 1. The molecule has 0 spiro atoms. The summed E-state index contributed by atoms with van der Waals surface area (Å²) in [6.45, 7) is 6.61. The molecule has 0 aliphatic carbocycles. The number of halogens is 1. The molecule has 1 saturated heterocycles. The molecule has 0 aromatic carbocycles. The fourth-order valence-electron chi connectivity index (χ4n) is 1.84. The smallest absolute Gasteiger partial charge is 0.264 e. The summed E-state index contributed by atoms with van der Waals surface area (Å²) in [7, 11) is 0. The molecule has 1 amide bonds. The van der Waals surface area contributed by atoms with Crippen LogP contribution in [0.15, 0.2) is 9.85 Å². The Morgan fingerprint density at radius 3 is 3.00 bits per heavy atom. The lowest BCUT2D eigenvalue weighted by molar-refractivity contribution is 0.0714. The maximum Gasteiger partial charge on any atom is 0.264 e. The van der Waals surface area contributed by atoms with Crippen molar-refractivity contribution in [3.05, 3.63) is 20.3 Å². The molecule has 0 unspecified atom stereocenters. The molecule has 0 radical (unpaired) electrons. The van der Waals surface area contributed by atoms with E-state index in [0.29, 0.717) is 6.04 Å². The molecule has 2 heterocycles. The molecule has 0 saturated carbocycles. The fraction of sp³-hybridized carbons (Fsp3) is 0.545. The Hall–Kier alpha value is -0.390. The molecule has 1 atom stereocenters. The Morgan fingerprint density at radius 2 is 2.44 bits per heavy atom. The van der Waals surface area contributed by atoms with Crippen LogP contribution < -0.4 is 5.32 Å². The first-order valence-electron chi connectivity index (χ1n) is 5.36. The summed E-state index contributed by atoms with van der Waals surface area (Å²) in [5.41, 5.74) is 1.14. The van der Waals surface area contributed by atoms with E-state index >= 15 is 0 Å². The summed E-state index contributed by atoms with van der Waals surface area (Å²) in [4.78, 5) is 15.0. The third-order valence-corrected chi connectivity index (χ3v) is 4.85. The van der Waals surface area contributed by atoms with Crippen molar-refractivity contribution in [2.24, 2.45) is 0 Å². The van der Waals surface area contributed by atoms with Crippen molar-refractivity contribution in [1.29, 1.82) is 0 Å². The predicted octanol–water partition coefficient (Wildman–Crippen LogP) is 2.25. The highest BCUT2D eigenvalue weighted by atomic mass is 79.9. The Balaban J connectivity index is 2.12. The zero-order chi connectivity index (χ0) is 11.7. The van der Waals surface area contributed by atoms with Gasteiger partial charge in [0.15, 0.2) is 0 Å². The molecule has 3 nitrogen and oxygen atoms in total. The van der Waals surface area contributed by atoms with Gasteiger partial charge < -0.3 is 10.2 Å². The highest BCUT2D eigenvalue weighted by Crippen LogP contribution is 2.28. The normalized spacial score (nSPS) is 21.2. The number of rotatable bonds is 1. The molecular formula is C11H15BrN2OS. The van der Waals surface area contributed by atoms with Crippen molar-refractivity contribution in [1.82, 2.24) is 10.2 Å². The zero-order valence-corrected chi connectivity index (χ0v) is 11.8. The van der Waals surface area contributed by atoms with Gasteiger partial charge >= 0.3 is 0 Å². The second kappa shape index (κ2) is 4.85. The van der Waals surface area contributed by atoms with E-state index in [0.717, 1.165) is 33.9 Å². The van der Waals surface area contributed by atoms with Crippen LogP contribution >= 0.6 is 27.3 Å². The Kier molecular flexibility index (Phi) is 3.66. The molecule has 88 valence electrons. The van der Waals surface area contributed by atoms with Crippen LogP contribution in [0.25, 0.3) is 0 Å². The Labute approximate surface area is 108 Å². The summed E-state index contributed by atoms with van der Waals surface area (Å²) >= 11 is 4.98. The van der Waals surface area contributed by atoms with Crippen LogP contribution in [0, 0.1) is 6.92 Å². The number of carbonyl (C=O) groups is 1. The minimum atomic E-state index is 0.159. The van der Waals surface area contributed by atoms with E-state index in [-0.39, 0.29) is 5.91 Å². The van der Waals surface area contributed by atoms with Gasteiger partial charge in [0.1, 0.15) is 0 Å².